The second-order valence-corrected chi connectivity index (χ2v) is 6.63. The highest BCUT2D eigenvalue weighted by molar-refractivity contribution is 7.96. The molecule has 3 heteroatoms. The number of carbonyl (C=O) groups excluding carboxylic acids is 1. The molecular weight excluding hydrogens is 328 g/mol. The van der Waals surface area contributed by atoms with Crippen molar-refractivity contribution in [1.29, 1.82) is 0 Å². The van der Waals surface area contributed by atoms with E-state index in [0.29, 0.717) is 0 Å². The van der Waals surface area contributed by atoms with Crippen LogP contribution in [0.1, 0.15) is 23.6 Å². The van der Waals surface area contributed by atoms with Crippen LogP contribution in [0, 0.1) is 0 Å². The van der Waals surface area contributed by atoms with Gasteiger partial charge in [0.15, 0.2) is 0 Å². The minimum atomic E-state index is -1.75. The van der Waals surface area contributed by atoms with Crippen molar-refractivity contribution in [2.45, 2.75) is 17.9 Å². The van der Waals surface area contributed by atoms with Crippen molar-refractivity contribution in [2.75, 3.05) is 0 Å². The monoisotopic (exact) mass is 348 g/mol. The van der Waals surface area contributed by atoms with Gasteiger partial charge in [0, 0.05) is 0 Å². The molecule has 0 fully saturated rings. The van der Waals surface area contributed by atoms with E-state index in [1.807, 2.05) is 91.0 Å². The number of benzene rings is 3. The van der Waals surface area contributed by atoms with E-state index >= 15 is 0 Å². The zero-order valence-electron chi connectivity index (χ0n) is 14.0. The van der Waals surface area contributed by atoms with E-state index in [9.17, 15) is 9.90 Å². The lowest BCUT2D eigenvalue weighted by Crippen LogP contribution is -2.55. The van der Waals surface area contributed by atoms with E-state index in [0.717, 1.165) is 16.7 Å². The molecular formula is C22H20O2S. The van der Waals surface area contributed by atoms with Crippen LogP contribution in [0.25, 0.3) is 0 Å². The zero-order valence-corrected chi connectivity index (χ0v) is 14.9. The first-order valence-electron chi connectivity index (χ1n) is 8.13. The van der Waals surface area contributed by atoms with Crippen molar-refractivity contribution < 1.29 is 9.90 Å². The molecule has 0 amide bonds. The number of aliphatic hydroxyl groups is 1. The molecule has 0 radical (unpaired) electrons. The van der Waals surface area contributed by atoms with Crippen molar-refractivity contribution in [3.05, 3.63) is 108 Å². The molecule has 0 aliphatic carbocycles. The lowest BCUT2D eigenvalue weighted by Gasteiger charge is -2.45. The molecule has 3 aromatic rings. The first-order valence-corrected chi connectivity index (χ1v) is 8.58. The Balaban J connectivity index is 2.47. The lowest BCUT2D eigenvalue weighted by atomic mass is 9.60. The molecule has 1 unspecified atom stereocenters. The fraction of sp³-hybridized carbons (Fsp3) is 0.136. The molecule has 0 aromatic heterocycles. The summed E-state index contributed by atoms with van der Waals surface area (Å²) in [6, 6.07) is 28.8. The van der Waals surface area contributed by atoms with Crippen LogP contribution < -0.4 is 0 Å². The number of hydrogen-bond donors (Lipinski definition) is 2. The van der Waals surface area contributed by atoms with Crippen LogP contribution in [0.2, 0.25) is 0 Å². The molecule has 3 rings (SSSR count). The number of hydrogen-bond acceptors (Lipinski definition) is 2. The topological polar surface area (TPSA) is 37.3 Å². The van der Waals surface area contributed by atoms with E-state index in [4.69, 9.17) is 0 Å². The highest BCUT2D eigenvalue weighted by Crippen LogP contribution is 2.48. The highest BCUT2D eigenvalue weighted by atomic mass is 32.1. The van der Waals surface area contributed by atoms with Crippen molar-refractivity contribution in [2.24, 2.45) is 0 Å². The molecule has 0 saturated heterocycles. The Bertz CT molecular complexity index is 746. The zero-order chi connectivity index (χ0) is 17.9. The molecule has 126 valence electrons. The maximum absolute atomic E-state index is 12.4. The minimum absolute atomic E-state index is 0.580. The molecule has 1 N–H and O–H groups in total. The number of carbonyl (C=O) groups is 1. The molecule has 0 bridgehead atoms. The largest absolute Gasteiger partial charge is 0.380 e. The Hall–Kier alpha value is -2.36. The molecule has 0 saturated carbocycles. The molecule has 0 aliphatic heterocycles. The molecule has 1 atom stereocenters. The van der Waals surface area contributed by atoms with Crippen molar-refractivity contribution in [3.63, 3.8) is 0 Å². The maximum atomic E-state index is 12.4. The van der Waals surface area contributed by atoms with Gasteiger partial charge in [-0.2, -0.15) is 0 Å². The quantitative estimate of drug-likeness (QED) is 0.535. The molecule has 2 nitrogen and oxygen atoms in total. The Morgan fingerprint density at radius 2 is 1.00 bits per heavy atom. The summed E-state index contributed by atoms with van der Waals surface area (Å²) >= 11 is 4.03. The summed E-state index contributed by atoms with van der Waals surface area (Å²) in [5.41, 5.74) is -0.324. The fourth-order valence-corrected chi connectivity index (χ4v) is 3.74. The van der Waals surface area contributed by atoms with Gasteiger partial charge in [0.25, 0.3) is 0 Å². The van der Waals surface area contributed by atoms with E-state index in [2.05, 4.69) is 12.6 Å². The summed E-state index contributed by atoms with van der Waals surface area (Å²) < 4.78 is 0. The van der Waals surface area contributed by atoms with Crippen LogP contribution in [-0.4, -0.2) is 15.8 Å². The van der Waals surface area contributed by atoms with Gasteiger partial charge in [-0.1, -0.05) is 91.0 Å². The Labute approximate surface area is 153 Å². The van der Waals surface area contributed by atoms with E-state index in [1.165, 1.54) is 6.92 Å². The van der Waals surface area contributed by atoms with Crippen LogP contribution in [0.4, 0.5) is 0 Å². The van der Waals surface area contributed by atoms with Gasteiger partial charge in [-0.05, 0) is 23.6 Å². The van der Waals surface area contributed by atoms with E-state index < -0.39 is 16.1 Å². The summed E-state index contributed by atoms with van der Waals surface area (Å²) in [5, 5.41) is 10.9. The van der Waals surface area contributed by atoms with Crippen LogP contribution in [0.5, 0.6) is 0 Å². The van der Waals surface area contributed by atoms with Crippen molar-refractivity contribution in [3.8, 4) is 0 Å². The van der Waals surface area contributed by atoms with Crippen molar-refractivity contribution >= 4 is 17.7 Å². The predicted octanol–water partition coefficient (Wildman–Crippen LogP) is 4.23. The summed E-state index contributed by atoms with van der Waals surface area (Å²) in [4.78, 5) is 12.4. The van der Waals surface area contributed by atoms with Gasteiger partial charge < -0.3 is 5.11 Å². The van der Waals surface area contributed by atoms with E-state index in [1.54, 1.807) is 0 Å². The highest BCUT2D eigenvalue weighted by Gasteiger charge is 2.54. The van der Waals surface area contributed by atoms with Crippen LogP contribution in [0.3, 0.4) is 0 Å². The maximum Gasteiger partial charge on any atom is 0.218 e. The van der Waals surface area contributed by atoms with Gasteiger partial charge in [-0.3, -0.25) is 4.79 Å². The van der Waals surface area contributed by atoms with Gasteiger partial charge in [-0.15, -0.1) is 12.6 Å². The minimum Gasteiger partial charge on any atom is -0.380 e. The third-order valence-corrected chi connectivity index (χ3v) is 5.20. The van der Waals surface area contributed by atoms with Gasteiger partial charge in [0.05, 0.1) is 5.41 Å². The Kier molecular flexibility index (Phi) is 4.80. The summed E-state index contributed by atoms with van der Waals surface area (Å²) in [6.45, 7) is 1.54. The average Bonchev–Trinajstić information content (AvgIpc) is 2.65. The molecule has 25 heavy (non-hydrogen) atoms. The third kappa shape index (κ3) is 2.80. The van der Waals surface area contributed by atoms with Crippen LogP contribution in [-0.2, 0) is 10.2 Å². The number of rotatable bonds is 5. The molecule has 0 heterocycles. The summed E-state index contributed by atoms with van der Waals surface area (Å²) in [5.74, 6) is 0. The molecule has 0 spiro atoms. The first-order chi connectivity index (χ1) is 12.0. The summed E-state index contributed by atoms with van der Waals surface area (Å²) in [7, 11) is 0. The summed E-state index contributed by atoms with van der Waals surface area (Å²) in [6.07, 6.45) is 0. The normalized spacial score (nSPS) is 13.9. The van der Waals surface area contributed by atoms with Gasteiger partial charge in [-0.25, -0.2) is 0 Å². The Morgan fingerprint density at radius 1 is 0.720 bits per heavy atom. The third-order valence-electron chi connectivity index (χ3n) is 4.77. The standard InChI is InChI=1S/C22H20O2S/c1-21(24,20(23)25)22(17-11-5-2-6-12-17,18-13-7-3-8-14-18)19-15-9-4-10-16-19/h2-16,24H,1H3,(H,23,25). The Morgan fingerprint density at radius 3 is 1.24 bits per heavy atom. The second kappa shape index (κ2) is 6.87. The first kappa shape index (κ1) is 17.5. The van der Waals surface area contributed by atoms with Gasteiger partial charge in [0.1, 0.15) is 5.60 Å². The SMILES string of the molecule is CC(O)(C(=O)S)C(c1ccccc1)(c1ccccc1)c1ccccc1. The van der Waals surface area contributed by atoms with Crippen LogP contribution in [0.15, 0.2) is 91.0 Å². The van der Waals surface area contributed by atoms with Crippen LogP contribution >= 0.6 is 12.6 Å². The molecule has 0 aliphatic rings. The smallest absolute Gasteiger partial charge is 0.218 e. The van der Waals surface area contributed by atoms with Gasteiger partial charge >= 0.3 is 0 Å². The molecule has 3 aromatic carbocycles. The van der Waals surface area contributed by atoms with Crippen molar-refractivity contribution in [1.82, 2.24) is 0 Å². The number of thiol groups is 1. The fourth-order valence-electron chi connectivity index (χ4n) is 3.57. The lowest BCUT2D eigenvalue weighted by molar-refractivity contribution is -0.130. The van der Waals surface area contributed by atoms with E-state index in [-0.39, 0.29) is 0 Å². The average molecular weight is 348 g/mol. The second-order valence-electron chi connectivity index (χ2n) is 6.23. The predicted molar refractivity (Wildman–Crippen MR) is 104 cm³/mol. The van der Waals surface area contributed by atoms with Gasteiger partial charge in [0.2, 0.25) is 5.12 Å².